The molecule has 4 nitrogen and oxygen atoms in total. The van der Waals surface area contributed by atoms with E-state index in [1.165, 1.54) is 0 Å². The fourth-order valence-electron chi connectivity index (χ4n) is 2.75. The Morgan fingerprint density at radius 2 is 1.48 bits per heavy atom. The summed E-state index contributed by atoms with van der Waals surface area (Å²) in [5, 5.41) is 10.1. The van der Waals surface area contributed by atoms with E-state index in [4.69, 9.17) is 21.1 Å². The summed E-state index contributed by atoms with van der Waals surface area (Å²) in [6, 6.07) is 20.1. The maximum atomic E-state index is 11.5. The molecule has 3 aromatic carbocycles. The third kappa shape index (κ3) is 4.80. The number of hydrogen-bond donors (Lipinski definition) is 1. The fraction of sp³-hybridized carbons (Fsp3) is 0.136. The fourth-order valence-corrected chi connectivity index (χ4v) is 2.94. The van der Waals surface area contributed by atoms with Crippen molar-refractivity contribution in [2.75, 3.05) is 0 Å². The summed E-state index contributed by atoms with van der Waals surface area (Å²) in [5.74, 6) is 0.295. The Morgan fingerprint density at radius 1 is 0.889 bits per heavy atom. The van der Waals surface area contributed by atoms with Gasteiger partial charge in [-0.1, -0.05) is 54.1 Å². The van der Waals surface area contributed by atoms with Gasteiger partial charge in [-0.25, -0.2) is 4.79 Å². The largest absolute Gasteiger partial charge is 0.489 e. The molecule has 0 saturated heterocycles. The van der Waals surface area contributed by atoms with E-state index in [0.29, 0.717) is 34.3 Å². The SMILES string of the molecule is Cc1cccc(COc2cccc(OCc3ccccc3Cl)c2)c1C(=O)O. The van der Waals surface area contributed by atoms with Crippen LogP contribution in [0.3, 0.4) is 0 Å². The topological polar surface area (TPSA) is 55.8 Å². The Kier molecular flexibility index (Phi) is 5.99. The molecule has 0 saturated carbocycles. The van der Waals surface area contributed by atoms with Gasteiger partial charge in [-0.2, -0.15) is 0 Å². The molecule has 27 heavy (non-hydrogen) atoms. The standard InChI is InChI=1S/C22H19ClO4/c1-15-6-4-8-17(21(15)22(24)25)14-27-19-10-5-9-18(12-19)26-13-16-7-2-3-11-20(16)23/h2-12H,13-14H2,1H3,(H,24,25). The highest BCUT2D eigenvalue weighted by molar-refractivity contribution is 6.31. The maximum absolute atomic E-state index is 11.5. The van der Waals surface area contributed by atoms with Gasteiger partial charge in [0, 0.05) is 22.2 Å². The highest BCUT2D eigenvalue weighted by Gasteiger charge is 2.13. The molecule has 0 aliphatic rings. The Morgan fingerprint density at radius 3 is 2.15 bits per heavy atom. The predicted octanol–water partition coefficient (Wildman–Crippen LogP) is 5.50. The second-order valence-electron chi connectivity index (χ2n) is 6.06. The minimum atomic E-state index is -0.955. The molecule has 3 rings (SSSR count). The van der Waals surface area contributed by atoms with E-state index in [1.807, 2.05) is 42.5 Å². The van der Waals surface area contributed by atoms with Crippen LogP contribution in [-0.2, 0) is 13.2 Å². The number of halogens is 1. The number of aryl methyl sites for hydroxylation is 1. The number of carboxylic acids is 1. The van der Waals surface area contributed by atoms with Gasteiger partial charge >= 0.3 is 5.97 Å². The zero-order chi connectivity index (χ0) is 19.2. The van der Waals surface area contributed by atoms with Crippen molar-refractivity contribution in [1.82, 2.24) is 0 Å². The zero-order valence-electron chi connectivity index (χ0n) is 14.8. The summed E-state index contributed by atoms with van der Waals surface area (Å²) in [4.78, 5) is 11.5. The van der Waals surface area contributed by atoms with Gasteiger partial charge in [0.15, 0.2) is 0 Å². The van der Waals surface area contributed by atoms with Crippen molar-refractivity contribution in [3.05, 3.63) is 94.0 Å². The maximum Gasteiger partial charge on any atom is 0.336 e. The molecule has 3 aromatic rings. The van der Waals surface area contributed by atoms with Crippen molar-refractivity contribution in [2.45, 2.75) is 20.1 Å². The van der Waals surface area contributed by atoms with Crippen LogP contribution >= 0.6 is 11.6 Å². The van der Waals surface area contributed by atoms with Gasteiger partial charge in [-0.15, -0.1) is 0 Å². The molecule has 0 amide bonds. The first-order valence-corrected chi connectivity index (χ1v) is 8.83. The Bertz CT molecular complexity index is 953. The highest BCUT2D eigenvalue weighted by Crippen LogP contribution is 2.24. The lowest BCUT2D eigenvalue weighted by Gasteiger charge is -2.12. The molecule has 0 aliphatic carbocycles. The van der Waals surface area contributed by atoms with E-state index in [0.717, 1.165) is 5.56 Å². The van der Waals surface area contributed by atoms with Crippen molar-refractivity contribution < 1.29 is 19.4 Å². The van der Waals surface area contributed by atoms with Crippen LogP contribution in [0.15, 0.2) is 66.7 Å². The van der Waals surface area contributed by atoms with E-state index >= 15 is 0 Å². The minimum absolute atomic E-state index is 0.164. The van der Waals surface area contributed by atoms with Gasteiger partial charge in [0.05, 0.1) is 5.56 Å². The Hall–Kier alpha value is -2.98. The van der Waals surface area contributed by atoms with Crippen LogP contribution in [0.5, 0.6) is 11.5 Å². The van der Waals surface area contributed by atoms with Crippen LogP contribution in [-0.4, -0.2) is 11.1 Å². The molecule has 0 aromatic heterocycles. The third-order valence-corrected chi connectivity index (χ3v) is 4.49. The summed E-state index contributed by atoms with van der Waals surface area (Å²) in [7, 11) is 0. The molecule has 138 valence electrons. The predicted molar refractivity (Wildman–Crippen MR) is 105 cm³/mol. The lowest BCUT2D eigenvalue weighted by Crippen LogP contribution is -2.07. The van der Waals surface area contributed by atoms with Crippen LogP contribution in [0.25, 0.3) is 0 Å². The first kappa shape index (κ1) is 18.8. The van der Waals surface area contributed by atoms with Crippen LogP contribution in [0, 0.1) is 6.92 Å². The van der Waals surface area contributed by atoms with E-state index in [9.17, 15) is 9.90 Å². The van der Waals surface area contributed by atoms with Crippen molar-refractivity contribution in [3.8, 4) is 11.5 Å². The average molecular weight is 383 g/mol. The molecular weight excluding hydrogens is 364 g/mol. The number of rotatable bonds is 7. The number of aromatic carboxylic acids is 1. The Balaban J connectivity index is 1.67. The number of carboxylic acid groups (broad SMARTS) is 1. The second kappa shape index (κ2) is 8.60. The van der Waals surface area contributed by atoms with E-state index in [-0.39, 0.29) is 12.2 Å². The van der Waals surface area contributed by atoms with Gasteiger partial charge in [0.2, 0.25) is 0 Å². The van der Waals surface area contributed by atoms with Crippen molar-refractivity contribution in [1.29, 1.82) is 0 Å². The Labute approximate surface area is 162 Å². The smallest absolute Gasteiger partial charge is 0.336 e. The molecule has 0 radical (unpaired) electrons. The lowest BCUT2D eigenvalue weighted by atomic mass is 10.0. The first-order valence-electron chi connectivity index (χ1n) is 8.45. The quantitative estimate of drug-likeness (QED) is 0.585. The molecular formula is C22H19ClO4. The van der Waals surface area contributed by atoms with Crippen molar-refractivity contribution >= 4 is 17.6 Å². The van der Waals surface area contributed by atoms with Crippen molar-refractivity contribution in [3.63, 3.8) is 0 Å². The van der Waals surface area contributed by atoms with Crippen LogP contribution in [0.4, 0.5) is 0 Å². The summed E-state index contributed by atoms with van der Waals surface area (Å²) in [5.41, 5.74) is 2.52. The molecule has 0 unspecified atom stereocenters. The average Bonchev–Trinajstić information content (AvgIpc) is 2.66. The number of benzene rings is 3. The number of carbonyl (C=O) groups is 1. The summed E-state index contributed by atoms with van der Waals surface area (Å²) in [6.07, 6.45) is 0. The summed E-state index contributed by atoms with van der Waals surface area (Å²) in [6.45, 7) is 2.29. The molecule has 0 aliphatic heterocycles. The van der Waals surface area contributed by atoms with Gasteiger partial charge in [0.25, 0.3) is 0 Å². The summed E-state index contributed by atoms with van der Waals surface area (Å²) >= 11 is 6.14. The molecule has 5 heteroatoms. The van der Waals surface area contributed by atoms with Crippen LogP contribution in [0.1, 0.15) is 27.0 Å². The number of hydrogen-bond acceptors (Lipinski definition) is 3. The molecule has 0 spiro atoms. The third-order valence-electron chi connectivity index (χ3n) is 4.12. The van der Waals surface area contributed by atoms with Crippen LogP contribution in [0.2, 0.25) is 5.02 Å². The number of ether oxygens (including phenoxy) is 2. The second-order valence-corrected chi connectivity index (χ2v) is 6.47. The van der Waals surface area contributed by atoms with Gasteiger partial charge < -0.3 is 14.6 Å². The molecule has 0 fully saturated rings. The molecule has 0 bridgehead atoms. The molecule has 0 heterocycles. The lowest BCUT2D eigenvalue weighted by molar-refractivity contribution is 0.0693. The van der Waals surface area contributed by atoms with E-state index in [1.54, 1.807) is 31.2 Å². The van der Waals surface area contributed by atoms with E-state index < -0.39 is 5.97 Å². The molecule has 0 atom stereocenters. The highest BCUT2D eigenvalue weighted by atomic mass is 35.5. The summed E-state index contributed by atoms with van der Waals surface area (Å²) < 4.78 is 11.6. The van der Waals surface area contributed by atoms with Crippen LogP contribution < -0.4 is 9.47 Å². The van der Waals surface area contributed by atoms with Gasteiger partial charge in [-0.3, -0.25) is 0 Å². The normalized spacial score (nSPS) is 10.4. The first-order chi connectivity index (χ1) is 13.0. The van der Waals surface area contributed by atoms with Gasteiger partial charge in [-0.05, 0) is 30.7 Å². The van der Waals surface area contributed by atoms with Crippen molar-refractivity contribution in [2.24, 2.45) is 0 Å². The monoisotopic (exact) mass is 382 g/mol. The minimum Gasteiger partial charge on any atom is -0.489 e. The molecule has 1 N–H and O–H groups in total. The van der Waals surface area contributed by atoms with E-state index in [2.05, 4.69) is 0 Å². The van der Waals surface area contributed by atoms with Gasteiger partial charge in [0.1, 0.15) is 24.7 Å². The zero-order valence-corrected chi connectivity index (χ0v) is 15.6.